The minimum Gasteiger partial charge on any atom is -0.374 e. The molecule has 0 rings (SSSR count). The Kier molecular flexibility index (Phi) is 3.32. The van der Waals surface area contributed by atoms with Crippen molar-refractivity contribution in [2.75, 3.05) is 6.67 Å². The summed E-state index contributed by atoms with van der Waals surface area (Å²) in [6, 6.07) is 0. The average molecular weight is 246 g/mol. The van der Waals surface area contributed by atoms with Gasteiger partial charge < -0.3 is 5.11 Å². The van der Waals surface area contributed by atoms with E-state index < -0.39 is 37.2 Å². The minimum atomic E-state index is -6.20. The summed E-state index contributed by atoms with van der Waals surface area (Å²) in [6.45, 7) is -3.60. The molecule has 1 N–H and O–H groups in total. The first-order chi connectivity index (χ1) is 6.31. The molecule has 0 fully saturated rings. The molecule has 0 aliphatic heterocycles. The van der Waals surface area contributed by atoms with Gasteiger partial charge in [0.25, 0.3) is 5.60 Å². The van der Waals surface area contributed by atoms with E-state index in [0.717, 1.165) is 0 Å². The van der Waals surface area contributed by atoms with Gasteiger partial charge in [0.2, 0.25) is 0 Å². The van der Waals surface area contributed by atoms with Crippen molar-refractivity contribution in [3.63, 3.8) is 0 Å². The van der Waals surface area contributed by atoms with E-state index in [1.807, 2.05) is 0 Å². The van der Waals surface area contributed by atoms with Crippen LogP contribution in [-0.2, 0) is 0 Å². The smallest absolute Gasteiger partial charge is 0.374 e. The second-order valence-electron chi connectivity index (χ2n) is 2.95. The Morgan fingerprint density at radius 3 is 1.33 bits per heavy atom. The molecule has 0 aliphatic carbocycles. The van der Waals surface area contributed by atoms with Gasteiger partial charge in [-0.2, -0.15) is 22.0 Å². The van der Waals surface area contributed by atoms with Crippen LogP contribution in [0.4, 0.5) is 35.1 Å². The van der Waals surface area contributed by atoms with Gasteiger partial charge in [-0.05, 0) is 0 Å². The van der Waals surface area contributed by atoms with E-state index >= 15 is 0 Å². The van der Waals surface area contributed by atoms with Crippen LogP contribution in [0, 0.1) is 0 Å². The Balaban J connectivity index is 5.50. The third-order valence-electron chi connectivity index (χ3n) is 1.73. The predicted octanol–water partition coefficient (Wildman–Crippen LogP) is 2.54. The fourth-order valence-corrected chi connectivity index (χ4v) is 0.701. The van der Waals surface area contributed by atoms with Crippen LogP contribution in [0.15, 0.2) is 0 Å². The van der Waals surface area contributed by atoms with E-state index in [2.05, 4.69) is 0 Å². The summed E-state index contributed by atoms with van der Waals surface area (Å²) in [5.41, 5.74) is -5.39. The Morgan fingerprint density at radius 1 is 0.933 bits per heavy atom. The lowest BCUT2D eigenvalue weighted by atomic mass is 9.92. The van der Waals surface area contributed by atoms with E-state index in [0.29, 0.717) is 0 Å². The van der Waals surface area contributed by atoms with Crippen LogP contribution in [0.25, 0.3) is 0 Å². The van der Waals surface area contributed by atoms with Crippen LogP contribution < -0.4 is 0 Å². The first kappa shape index (κ1) is 14.4. The summed E-state index contributed by atoms with van der Waals surface area (Å²) in [7, 11) is 0. The maximum absolute atomic E-state index is 12.5. The molecule has 15 heavy (non-hydrogen) atoms. The normalized spacial score (nSPS) is 18.8. The lowest BCUT2D eigenvalue weighted by molar-refractivity contribution is -0.376. The third-order valence-corrected chi connectivity index (χ3v) is 1.73. The standard InChI is InChI=1S/C6H6F8O/c1-3(8,9)5(10,11)4(15,2-7)6(12,13)14/h15H,2H2,1H3. The number of aliphatic hydroxyl groups is 1. The van der Waals surface area contributed by atoms with E-state index in [1.54, 1.807) is 0 Å². The Bertz CT molecular complexity index is 228. The van der Waals surface area contributed by atoms with Crippen LogP contribution in [0.2, 0.25) is 0 Å². The van der Waals surface area contributed by atoms with Crippen molar-refractivity contribution in [3.05, 3.63) is 0 Å². The van der Waals surface area contributed by atoms with Gasteiger partial charge in [0.1, 0.15) is 6.67 Å². The highest BCUT2D eigenvalue weighted by molar-refractivity contribution is 5.04. The summed E-state index contributed by atoms with van der Waals surface area (Å²) in [5.74, 6) is -11.2. The molecular formula is C6H6F8O. The molecule has 0 amide bonds. The highest BCUT2D eigenvalue weighted by atomic mass is 19.4. The van der Waals surface area contributed by atoms with Crippen molar-refractivity contribution in [2.45, 2.75) is 30.5 Å². The molecule has 0 aromatic carbocycles. The minimum absolute atomic E-state index is 0.542. The molecule has 0 saturated carbocycles. The first-order valence-electron chi connectivity index (χ1n) is 3.42. The van der Waals surface area contributed by atoms with Crippen molar-refractivity contribution in [3.8, 4) is 0 Å². The SMILES string of the molecule is CC(F)(F)C(F)(F)C(O)(CF)C(F)(F)F. The molecule has 0 aliphatic rings. The molecule has 0 saturated heterocycles. The molecule has 1 nitrogen and oxygen atoms in total. The zero-order valence-corrected chi connectivity index (χ0v) is 7.18. The van der Waals surface area contributed by atoms with E-state index in [4.69, 9.17) is 5.11 Å². The lowest BCUT2D eigenvalue weighted by Gasteiger charge is -2.37. The number of hydrogen-bond donors (Lipinski definition) is 1. The van der Waals surface area contributed by atoms with Gasteiger partial charge in [0.15, 0.2) is 0 Å². The van der Waals surface area contributed by atoms with Crippen LogP contribution in [-0.4, -0.2) is 35.4 Å². The van der Waals surface area contributed by atoms with E-state index in [1.165, 1.54) is 0 Å². The zero-order chi connectivity index (χ0) is 12.7. The molecular weight excluding hydrogens is 240 g/mol. The maximum Gasteiger partial charge on any atom is 0.426 e. The molecule has 9 heteroatoms. The number of rotatable bonds is 3. The summed E-state index contributed by atoms with van der Waals surface area (Å²) in [4.78, 5) is 0. The van der Waals surface area contributed by atoms with Crippen LogP contribution in [0.5, 0.6) is 0 Å². The van der Waals surface area contributed by atoms with Gasteiger partial charge in [0, 0.05) is 6.92 Å². The largest absolute Gasteiger partial charge is 0.426 e. The van der Waals surface area contributed by atoms with Gasteiger partial charge in [-0.3, -0.25) is 0 Å². The Morgan fingerprint density at radius 2 is 1.27 bits per heavy atom. The topological polar surface area (TPSA) is 20.2 Å². The van der Waals surface area contributed by atoms with Crippen molar-refractivity contribution >= 4 is 0 Å². The Hall–Kier alpha value is -0.600. The highest BCUT2D eigenvalue weighted by Gasteiger charge is 2.77. The number of halogens is 8. The third kappa shape index (κ3) is 2.01. The quantitative estimate of drug-likeness (QED) is 0.758. The van der Waals surface area contributed by atoms with E-state index in [-0.39, 0.29) is 0 Å². The second kappa shape index (κ2) is 3.46. The second-order valence-corrected chi connectivity index (χ2v) is 2.95. The fourth-order valence-electron chi connectivity index (χ4n) is 0.701. The zero-order valence-electron chi connectivity index (χ0n) is 7.18. The summed E-state index contributed by atoms with van der Waals surface area (Å²) in [6.07, 6.45) is -6.20. The van der Waals surface area contributed by atoms with Crippen LogP contribution >= 0.6 is 0 Å². The molecule has 92 valence electrons. The van der Waals surface area contributed by atoms with E-state index in [9.17, 15) is 35.1 Å². The maximum atomic E-state index is 12.5. The summed E-state index contributed by atoms with van der Waals surface area (Å²) in [5, 5.41) is 8.29. The van der Waals surface area contributed by atoms with Crippen molar-refractivity contribution in [1.29, 1.82) is 0 Å². The molecule has 0 bridgehead atoms. The van der Waals surface area contributed by atoms with Crippen molar-refractivity contribution < 1.29 is 40.2 Å². The van der Waals surface area contributed by atoms with Crippen molar-refractivity contribution in [2.24, 2.45) is 0 Å². The lowest BCUT2D eigenvalue weighted by Crippen LogP contribution is -2.66. The van der Waals surface area contributed by atoms with Crippen LogP contribution in [0.3, 0.4) is 0 Å². The molecule has 0 radical (unpaired) electrons. The fraction of sp³-hybridized carbons (Fsp3) is 1.00. The summed E-state index contributed by atoms with van der Waals surface area (Å²) >= 11 is 0. The molecule has 1 unspecified atom stereocenters. The number of hydrogen-bond acceptors (Lipinski definition) is 1. The van der Waals surface area contributed by atoms with Gasteiger partial charge >= 0.3 is 18.0 Å². The van der Waals surface area contributed by atoms with Gasteiger partial charge in [-0.1, -0.05) is 0 Å². The monoisotopic (exact) mass is 246 g/mol. The molecule has 0 aromatic heterocycles. The molecule has 1 atom stereocenters. The average Bonchev–Trinajstić information content (AvgIpc) is 1.98. The molecule has 0 aromatic rings. The number of alkyl halides is 8. The summed E-state index contributed by atoms with van der Waals surface area (Å²) < 4.78 is 96.6. The highest BCUT2D eigenvalue weighted by Crippen LogP contribution is 2.49. The van der Waals surface area contributed by atoms with Crippen molar-refractivity contribution in [1.82, 2.24) is 0 Å². The first-order valence-corrected chi connectivity index (χ1v) is 3.42. The van der Waals surface area contributed by atoms with Crippen LogP contribution in [0.1, 0.15) is 6.92 Å². The predicted molar refractivity (Wildman–Crippen MR) is 32.5 cm³/mol. The van der Waals surface area contributed by atoms with Gasteiger partial charge in [-0.25, -0.2) is 13.2 Å². The van der Waals surface area contributed by atoms with Gasteiger partial charge in [0.05, 0.1) is 0 Å². The Labute approximate surface area is 78.7 Å². The molecule has 0 spiro atoms. The molecule has 0 heterocycles. The van der Waals surface area contributed by atoms with Gasteiger partial charge in [-0.15, -0.1) is 0 Å².